The second-order valence-corrected chi connectivity index (χ2v) is 5.28. The molecule has 0 bridgehead atoms. The predicted molar refractivity (Wildman–Crippen MR) is 75.3 cm³/mol. The summed E-state index contributed by atoms with van der Waals surface area (Å²) in [4.78, 5) is 24.4. The Kier molecular flexibility index (Phi) is 4.61. The van der Waals surface area contributed by atoms with Gasteiger partial charge in [-0.25, -0.2) is 4.79 Å². The third kappa shape index (κ3) is 3.73. The molecule has 108 valence electrons. The number of hydrogen-bond acceptors (Lipinski definition) is 2. The Morgan fingerprint density at radius 1 is 1.40 bits per heavy atom. The van der Waals surface area contributed by atoms with Crippen LogP contribution < -0.4 is 5.32 Å². The van der Waals surface area contributed by atoms with E-state index in [0.29, 0.717) is 19.6 Å². The van der Waals surface area contributed by atoms with E-state index in [1.54, 1.807) is 4.90 Å². The van der Waals surface area contributed by atoms with Crippen molar-refractivity contribution in [2.45, 2.75) is 26.3 Å². The van der Waals surface area contributed by atoms with Gasteiger partial charge >= 0.3 is 12.0 Å². The highest BCUT2D eigenvalue weighted by molar-refractivity contribution is 5.74. The van der Waals surface area contributed by atoms with Gasteiger partial charge in [-0.15, -0.1) is 0 Å². The van der Waals surface area contributed by atoms with Crippen LogP contribution in [0, 0.1) is 12.8 Å². The Balaban J connectivity index is 1.81. The van der Waals surface area contributed by atoms with E-state index in [4.69, 9.17) is 5.11 Å². The average molecular weight is 276 g/mol. The number of hydrogen-bond donors (Lipinski definition) is 2. The van der Waals surface area contributed by atoms with Gasteiger partial charge in [-0.05, 0) is 30.4 Å². The quantitative estimate of drug-likeness (QED) is 0.883. The third-order valence-electron chi connectivity index (χ3n) is 3.73. The standard InChI is InChI=1S/C15H20N2O3/c1-11-4-2-3-5-13(11)9-16-15(20)17-7-6-12(10-17)8-14(18)19/h2-5,12H,6-10H2,1H3,(H,16,20)(H,18,19). The second-order valence-electron chi connectivity index (χ2n) is 5.28. The van der Waals surface area contributed by atoms with Gasteiger partial charge in [-0.2, -0.15) is 0 Å². The van der Waals surface area contributed by atoms with Crippen LogP contribution in [0.25, 0.3) is 0 Å². The van der Waals surface area contributed by atoms with Gasteiger partial charge < -0.3 is 15.3 Å². The summed E-state index contributed by atoms with van der Waals surface area (Å²) in [6.45, 7) is 3.69. The molecule has 2 N–H and O–H groups in total. The number of carboxylic acids is 1. The zero-order chi connectivity index (χ0) is 14.5. The van der Waals surface area contributed by atoms with Crippen molar-refractivity contribution in [3.63, 3.8) is 0 Å². The second kappa shape index (κ2) is 6.41. The number of aliphatic carboxylic acids is 1. The molecule has 1 aromatic rings. The molecule has 1 heterocycles. The van der Waals surface area contributed by atoms with Crippen molar-refractivity contribution >= 4 is 12.0 Å². The SMILES string of the molecule is Cc1ccccc1CNC(=O)N1CCC(CC(=O)O)C1. The van der Waals surface area contributed by atoms with Gasteiger partial charge in [0.2, 0.25) is 0 Å². The number of urea groups is 1. The summed E-state index contributed by atoms with van der Waals surface area (Å²) in [5.74, 6) is -0.714. The Hall–Kier alpha value is -2.04. The van der Waals surface area contributed by atoms with E-state index in [0.717, 1.165) is 17.5 Å². The Bertz CT molecular complexity index is 502. The zero-order valence-electron chi connectivity index (χ0n) is 11.6. The number of likely N-dealkylation sites (tertiary alicyclic amines) is 1. The third-order valence-corrected chi connectivity index (χ3v) is 3.73. The molecule has 5 heteroatoms. The first kappa shape index (κ1) is 14.4. The van der Waals surface area contributed by atoms with Crippen LogP contribution in [0.5, 0.6) is 0 Å². The molecule has 1 aliphatic rings. The summed E-state index contributed by atoms with van der Waals surface area (Å²) in [5.41, 5.74) is 2.25. The molecule has 0 spiro atoms. The van der Waals surface area contributed by atoms with Crippen molar-refractivity contribution in [2.75, 3.05) is 13.1 Å². The number of benzene rings is 1. The molecule has 1 atom stereocenters. The van der Waals surface area contributed by atoms with Gasteiger partial charge in [0, 0.05) is 26.1 Å². The highest BCUT2D eigenvalue weighted by Crippen LogP contribution is 2.19. The van der Waals surface area contributed by atoms with Crippen molar-refractivity contribution in [1.29, 1.82) is 0 Å². The fourth-order valence-corrected chi connectivity index (χ4v) is 2.52. The minimum atomic E-state index is -0.794. The van der Waals surface area contributed by atoms with Gasteiger partial charge in [0.1, 0.15) is 0 Å². The zero-order valence-corrected chi connectivity index (χ0v) is 11.6. The van der Waals surface area contributed by atoms with Crippen LogP contribution in [0.3, 0.4) is 0 Å². The lowest BCUT2D eigenvalue weighted by Crippen LogP contribution is -2.38. The van der Waals surface area contributed by atoms with E-state index in [1.165, 1.54) is 0 Å². The van der Waals surface area contributed by atoms with Gasteiger partial charge in [-0.1, -0.05) is 24.3 Å². The van der Waals surface area contributed by atoms with Crippen LogP contribution in [-0.4, -0.2) is 35.1 Å². The van der Waals surface area contributed by atoms with Crippen molar-refractivity contribution in [3.8, 4) is 0 Å². The normalized spacial score (nSPS) is 18.1. The molecule has 2 amide bonds. The van der Waals surface area contributed by atoms with Crippen molar-refractivity contribution in [1.82, 2.24) is 10.2 Å². The molecule has 20 heavy (non-hydrogen) atoms. The number of nitrogens with one attached hydrogen (secondary N) is 1. The molecule has 1 saturated heterocycles. The molecule has 0 saturated carbocycles. The summed E-state index contributed by atoms with van der Waals surface area (Å²) in [7, 11) is 0. The van der Waals surface area contributed by atoms with Crippen LogP contribution >= 0.6 is 0 Å². The molecule has 1 aliphatic heterocycles. The van der Waals surface area contributed by atoms with Crippen molar-refractivity contribution in [3.05, 3.63) is 35.4 Å². The fourth-order valence-electron chi connectivity index (χ4n) is 2.52. The lowest BCUT2D eigenvalue weighted by molar-refractivity contribution is -0.138. The number of nitrogens with zero attached hydrogens (tertiary/aromatic N) is 1. The molecular weight excluding hydrogens is 256 g/mol. The minimum Gasteiger partial charge on any atom is -0.481 e. The fraction of sp³-hybridized carbons (Fsp3) is 0.467. The van der Waals surface area contributed by atoms with Gasteiger partial charge in [0.05, 0.1) is 0 Å². The number of carboxylic acid groups (broad SMARTS) is 1. The van der Waals surface area contributed by atoms with E-state index in [1.807, 2.05) is 31.2 Å². The lowest BCUT2D eigenvalue weighted by Gasteiger charge is -2.17. The van der Waals surface area contributed by atoms with Crippen LogP contribution in [0.4, 0.5) is 4.79 Å². The Morgan fingerprint density at radius 2 is 2.15 bits per heavy atom. The van der Waals surface area contributed by atoms with Crippen LogP contribution in [0.2, 0.25) is 0 Å². The van der Waals surface area contributed by atoms with E-state index < -0.39 is 5.97 Å². The van der Waals surface area contributed by atoms with E-state index in [2.05, 4.69) is 5.32 Å². The largest absolute Gasteiger partial charge is 0.481 e. The molecule has 1 aromatic carbocycles. The maximum Gasteiger partial charge on any atom is 0.317 e. The van der Waals surface area contributed by atoms with E-state index in [9.17, 15) is 9.59 Å². The number of aryl methyl sites for hydroxylation is 1. The monoisotopic (exact) mass is 276 g/mol. The number of carbonyl (C=O) groups excluding carboxylic acids is 1. The van der Waals surface area contributed by atoms with Crippen LogP contribution in [0.1, 0.15) is 24.0 Å². The first-order valence-electron chi connectivity index (χ1n) is 6.85. The maximum absolute atomic E-state index is 12.0. The number of amides is 2. The molecule has 5 nitrogen and oxygen atoms in total. The Morgan fingerprint density at radius 3 is 2.85 bits per heavy atom. The maximum atomic E-state index is 12.0. The highest BCUT2D eigenvalue weighted by atomic mass is 16.4. The smallest absolute Gasteiger partial charge is 0.317 e. The topological polar surface area (TPSA) is 69.6 Å². The summed E-state index contributed by atoms with van der Waals surface area (Å²) < 4.78 is 0. The molecule has 1 fully saturated rings. The van der Waals surface area contributed by atoms with Gasteiger partial charge in [-0.3, -0.25) is 4.79 Å². The molecule has 0 radical (unpaired) electrons. The van der Waals surface area contributed by atoms with Crippen molar-refractivity contribution in [2.24, 2.45) is 5.92 Å². The summed E-state index contributed by atoms with van der Waals surface area (Å²) in [6.07, 6.45) is 0.908. The molecular formula is C15H20N2O3. The molecule has 2 rings (SSSR count). The van der Waals surface area contributed by atoms with Crippen LogP contribution in [0.15, 0.2) is 24.3 Å². The first-order chi connectivity index (χ1) is 9.56. The highest BCUT2D eigenvalue weighted by Gasteiger charge is 2.27. The summed E-state index contributed by atoms with van der Waals surface area (Å²) in [6, 6.07) is 7.82. The predicted octanol–water partition coefficient (Wildman–Crippen LogP) is 2.00. The number of carbonyl (C=O) groups is 2. The van der Waals surface area contributed by atoms with E-state index >= 15 is 0 Å². The molecule has 0 aliphatic carbocycles. The summed E-state index contributed by atoms with van der Waals surface area (Å²) >= 11 is 0. The lowest BCUT2D eigenvalue weighted by atomic mass is 10.1. The van der Waals surface area contributed by atoms with Crippen LogP contribution in [-0.2, 0) is 11.3 Å². The Labute approximate surface area is 118 Å². The number of rotatable bonds is 4. The average Bonchev–Trinajstić information content (AvgIpc) is 2.85. The van der Waals surface area contributed by atoms with Gasteiger partial charge in [0.15, 0.2) is 0 Å². The van der Waals surface area contributed by atoms with E-state index in [-0.39, 0.29) is 18.4 Å². The minimum absolute atomic E-state index is 0.0803. The van der Waals surface area contributed by atoms with Crippen molar-refractivity contribution < 1.29 is 14.7 Å². The van der Waals surface area contributed by atoms with Gasteiger partial charge in [0.25, 0.3) is 0 Å². The molecule has 1 unspecified atom stereocenters. The molecule has 0 aromatic heterocycles. The first-order valence-corrected chi connectivity index (χ1v) is 6.85. The summed E-state index contributed by atoms with van der Waals surface area (Å²) in [5, 5.41) is 11.7.